The molecule has 0 saturated heterocycles. The number of nitrogens with one attached hydrogen (secondary N) is 1. The highest BCUT2D eigenvalue weighted by Crippen LogP contribution is 2.34. The molecule has 0 atom stereocenters. The molecule has 24 heavy (non-hydrogen) atoms. The molecule has 4 rings (SSSR count). The van der Waals surface area contributed by atoms with Crippen molar-refractivity contribution in [3.63, 3.8) is 0 Å². The third-order valence-electron chi connectivity index (χ3n) is 3.44. The van der Waals surface area contributed by atoms with E-state index in [9.17, 15) is 4.79 Å². The highest BCUT2D eigenvalue weighted by Gasteiger charge is 2.16. The number of ether oxygens (including phenoxy) is 2. The van der Waals surface area contributed by atoms with Gasteiger partial charge in [-0.05, 0) is 24.3 Å². The molecule has 1 N–H and O–H groups in total. The number of furan rings is 1. The zero-order valence-corrected chi connectivity index (χ0v) is 13.1. The minimum atomic E-state index is -0.349. The van der Waals surface area contributed by atoms with Crippen LogP contribution in [0.5, 0.6) is 11.5 Å². The van der Waals surface area contributed by atoms with Crippen LogP contribution in [-0.4, -0.2) is 22.5 Å². The number of anilines is 1. The summed E-state index contributed by atoms with van der Waals surface area (Å²) in [7, 11) is 0. The quantitative estimate of drug-likeness (QED) is 0.785. The fourth-order valence-electron chi connectivity index (χ4n) is 2.34. The van der Waals surface area contributed by atoms with Gasteiger partial charge in [-0.1, -0.05) is 11.6 Å². The van der Waals surface area contributed by atoms with Gasteiger partial charge in [0, 0.05) is 18.0 Å². The van der Waals surface area contributed by atoms with E-state index in [0.29, 0.717) is 34.5 Å². The normalized spacial score (nSPS) is 12.4. The number of benzene rings is 1. The van der Waals surface area contributed by atoms with E-state index in [1.807, 2.05) is 0 Å². The van der Waals surface area contributed by atoms with Gasteiger partial charge in [0.15, 0.2) is 17.3 Å². The summed E-state index contributed by atoms with van der Waals surface area (Å²) in [6, 6.07) is 8.52. The molecule has 0 bridgehead atoms. The number of hydrogen-bond donors (Lipinski definition) is 1. The second-order valence-corrected chi connectivity index (χ2v) is 5.58. The number of rotatable bonds is 4. The molecule has 3 aromatic rings. The van der Waals surface area contributed by atoms with Crippen molar-refractivity contribution in [2.45, 2.75) is 6.54 Å². The Kier molecular flexibility index (Phi) is 3.62. The Morgan fingerprint density at radius 1 is 1.25 bits per heavy atom. The van der Waals surface area contributed by atoms with Gasteiger partial charge >= 0.3 is 0 Å². The Morgan fingerprint density at radius 3 is 2.96 bits per heavy atom. The molecule has 0 fully saturated rings. The Hall–Kier alpha value is -2.93. The predicted octanol–water partition coefficient (Wildman–Crippen LogP) is 3.16. The number of nitrogens with zero attached hydrogens (tertiary/aromatic N) is 2. The number of fused-ring (bicyclic) bond motifs is 1. The molecule has 122 valence electrons. The molecular weight excluding hydrogens is 334 g/mol. The second kappa shape index (κ2) is 5.93. The fourth-order valence-corrected chi connectivity index (χ4v) is 2.49. The molecule has 0 spiro atoms. The van der Waals surface area contributed by atoms with Crippen LogP contribution >= 0.6 is 11.6 Å². The zero-order chi connectivity index (χ0) is 16.5. The topological polar surface area (TPSA) is 78.5 Å². The molecular formula is C16H12ClN3O4. The highest BCUT2D eigenvalue weighted by molar-refractivity contribution is 6.30. The molecule has 0 aliphatic carbocycles. The van der Waals surface area contributed by atoms with E-state index in [1.165, 1.54) is 6.20 Å². The first kappa shape index (κ1) is 14.6. The molecule has 1 amide bonds. The van der Waals surface area contributed by atoms with Crippen LogP contribution < -0.4 is 14.8 Å². The van der Waals surface area contributed by atoms with Gasteiger partial charge in [-0.15, -0.1) is 0 Å². The lowest BCUT2D eigenvalue weighted by atomic mass is 10.2. The molecule has 1 aromatic carbocycles. The van der Waals surface area contributed by atoms with E-state index in [4.69, 9.17) is 25.5 Å². The number of amides is 1. The van der Waals surface area contributed by atoms with Crippen LogP contribution in [0.25, 0.3) is 0 Å². The van der Waals surface area contributed by atoms with Gasteiger partial charge in [-0.2, -0.15) is 5.10 Å². The third-order valence-corrected chi connectivity index (χ3v) is 3.63. The first-order valence-electron chi connectivity index (χ1n) is 7.15. The zero-order valence-electron chi connectivity index (χ0n) is 12.4. The van der Waals surface area contributed by atoms with Gasteiger partial charge in [0.25, 0.3) is 5.91 Å². The maximum absolute atomic E-state index is 12.3. The third kappa shape index (κ3) is 2.93. The van der Waals surface area contributed by atoms with E-state index in [0.717, 1.165) is 0 Å². The average Bonchev–Trinajstić information content (AvgIpc) is 3.28. The van der Waals surface area contributed by atoms with Crippen molar-refractivity contribution in [2.24, 2.45) is 0 Å². The number of aromatic nitrogens is 2. The molecule has 1 aliphatic rings. The summed E-state index contributed by atoms with van der Waals surface area (Å²) in [5.74, 6) is 1.72. The van der Waals surface area contributed by atoms with Crippen molar-refractivity contribution in [3.8, 4) is 11.5 Å². The summed E-state index contributed by atoms with van der Waals surface area (Å²) < 4.78 is 17.7. The summed E-state index contributed by atoms with van der Waals surface area (Å²) in [5, 5.41) is 7.37. The molecule has 8 heteroatoms. The van der Waals surface area contributed by atoms with Crippen molar-refractivity contribution in [3.05, 3.63) is 59.3 Å². The molecule has 1 aliphatic heterocycles. The lowest BCUT2D eigenvalue weighted by Gasteiger charge is -2.04. The standard InChI is InChI=1S/C16H12ClN3O4/c17-10-6-18-20(7-10)8-12-2-4-14(24-12)16(21)19-11-1-3-13-15(5-11)23-9-22-13/h1-7H,8-9H2,(H,19,21). The van der Waals surface area contributed by atoms with E-state index < -0.39 is 0 Å². The predicted molar refractivity (Wildman–Crippen MR) is 85.6 cm³/mol. The highest BCUT2D eigenvalue weighted by atomic mass is 35.5. The van der Waals surface area contributed by atoms with Gasteiger partial charge in [-0.25, -0.2) is 0 Å². The van der Waals surface area contributed by atoms with Crippen molar-refractivity contribution in [2.75, 3.05) is 12.1 Å². The molecule has 0 radical (unpaired) electrons. The van der Waals surface area contributed by atoms with Gasteiger partial charge < -0.3 is 19.2 Å². The Morgan fingerprint density at radius 2 is 2.12 bits per heavy atom. The Labute approximate surface area is 141 Å². The maximum atomic E-state index is 12.3. The van der Waals surface area contributed by atoms with Gasteiger partial charge in [0.2, 0.25) is 6.79 Å². The minimum Gasteiger partial charge on any atom is -0.454 e. The second-order valence-electron chi connectivity index (χ2n) is 5.14. The maximum Gasteiger partial charge on any atom is 0.291 e. The van der Waals surface area contributed by atoms with Gasteiger partial charge in [0.1, 0.15) is 5.76 Å². The summed E-state index contributed by atoms with van der Waals surface area (Å²) in [6.07, 6.45) is 3.22. The largest absolute Gasteiger partial charge is 0.454 e. The molecule has 3 heterocycles. The minimum absolute atomic E-state index is 0.186. The number of hydrogen-bond acceptors (Lipinski definition) is 5. The van der Waals surface area contributed by atoms with E-state index in [-0.39, 0.29) is 18.5 Å². The van der Waals surface area contributed by atoms with Crippen molar-refractivity contribution in [1.29, 1.82) is 0 Å². The van der Waals surface area contributed by atoms with E-state index in [1.54, 1.807) is 41.2 Å². The van der Waals surface area contributed by atoms with Crippen molar-refractivity contribution in [1.82, 2.24) is 9.78 Å². The van der Waals surface area contributed by atoms with Crippen LogP contribution in [0.1, 0.15) is 16.3 Å². The first-order valence-corrected chi connectivity index (χ1v) is 7.53. The van der Waals surface area contributed by atoms with Gasteiger partial charge in [0.05, 0.1) is 17.8 Å². The average molecular weight is 346 g/mol. The Bertz CT molecular complexity index is 902. The van der Waals surface area contributed by atoms with E-state index in [2.05, 4.69) is 10.4 Å². The number of carbonyl (C=O) groups is 1. The molecule has 0 unspecified atom stereocenters. The summed E-state index contributed by atoms with van der Waals surface area (Å²) in [5.41, 5.74) is 0.598. The van der Waals surface area contributed by atoms with Gasteiger partial charge in [-0.3, -0.25) is 9.48 Å². The van der Waals surface area contributed by atoms with Crippen LogP contribution in [0.15, 0.2) is 47.1 Å². The SMILES string of the molecule is O=C(Nc1ccc2c(c1)OCO2)c1ccc(Cn2cc(Cl)cn2)o1. The van der Waals surface area contributed by atoms with Crippen LogP contribution in [0.3, 0.4) is 0 Å². The number of halogens is 1. The number of carbonyl (C=O) groups excluding carboxylic acids is 1. The lowest BCUT2D eigenvalue weighted by molar-refractivity contribution is 0.0994. The molecule has 0 saturated carbocycles. The smallest absolute Gasteiger partial charge is 0.291 e. The monoisotopic (exact) mass is 345 g/mol. The summed E-state index contributed by atoms with van der Waals surface area (Å²) in [6.45, 7) is 0.579. The van der Waals surface area contributed by atoms with E-state index >= 15 is 0 Å². The van der Waals surface area contributed by atoms with Crippen LogP contribution in [0.4, 0.5) is 5.69 Å². The fraction of sp³-hybridized carbons (Fsp3) is 0.125. The molecule has 7 nitrogen and oxygen atoms in total. The van der Waals surface area contributed by atoms with Crippen LogP contribution in [0, 0.1) is 0 Å². The summed E-state index contributed by atoms with van der Waals surface area (Å²) >= 11 is 5.82. The van der Waals surface area contributed by atoms with Crippen molar-refractivity contribution < 1.29 is 18.7 Å². The lowest BCUT2D eigenvalue weighted by Crippen LogP contribution is -2.10. The van der Waals surface area contributed by atoms with Crippen LogP contribution in [-0.2, 0) is 6.54 Å². The molecule has 2 aromatic heterocycles. The first-order chi connectivity index (χ1) is 11.7. The van der Waals surface area contributed by atoms with Crippen molar-refractivity contribution >= 4 is 23.2 Å². The Balaban J connectivity index is 1.45. The van der Waals surface area contributed by atoms with Crippen LogP contribution in [0.2, 0.25) is 5.02 Å². The summed E-state index contributed by atoms with van der Waals surface area (Å²) in [4.78, 5) is 12.3.